The molecule has 0 bridgehead atoms. The second-order valence-corrected chi connectivity index (χ2v) is 2.41. The maximum Gasteiger partial charge on any atom is 0.316 e. The van der Waals surface area contributed by atoms with Gasteiger partial charge in [-0.05, 0) is 0 Å². The van der Waals surface area contributed by atoms with Crippen LogP contribution in [0, 0.1) is 0 Å². The second kappa shape index (κ2) is 7.18. The van der Waals surface area contributed by atoms with Crippen LogP contribution in [0.5, 0.6) is 0 Å². The molecule has 0 saturated carbocycles. The molecule has 0 radical (unpaired) electrons. The molecule has 62 valence electrons. The molecule has 5 nitrogen and oxygen atoms in total. The minimum absolute atomic E-state index is 0.0638. The average molecular weight is 169 g/mol. The Balaban J connectivity index is 2.84. The lowest BCUT2D eigenvalue weighted by molar-refractivity contribution is 0.264. The molecule has 0 aromatic carbocycles. The topological polar surface area (TPSA) is 78.8 Å². The highest BCUT2D eigenvalue weighted by molar-refractivity contribution is 7.32. The predicted octanol–water partition coefficient (Wildman–Crippen LogP) is -1.03. The van der Waals surface area contributed by atoms with E-state index in [1.54, 1.807) is 0 Å². The van der Waals surface area contributed by atoms with Gasteiger partial charge in [0, 0.05) is 13.1 Å². The maximum atomic E-state index is 9.92. The van der Waals surface area contributed by atoms with E-state index >= 15 is 0 Å². The van der Waals surface area contributed by atoms with Crippen molar-refractivity contribution in [2.45, 2.75) is 0 Å². The number of hydrogen-bond acceptors (Lipinski definition) is 4. The summed E-state index contributed by atoms with van der Waals surface area (Å²) in [5, 5.41) is 11.0. The highest BCUT2D eigenvalue weighted by atomic mass is 31.1. The SMILES string of the molecule is O=[PH](O)OCCNCCO. The summed E-state index contributed by atoms with van der Waals surface area (Å²) in [5.41, 5.74) is 0. The number of aliphatic hydroxyl groups is 1. The molecule has 0 aromatic rings. The van der Waals surface area contributed by atoms with Crippen LogP contribution in [0.2, 0.25) is 0 Å². The summed E-state index contributed by atoms with van der Waals surface area (Å²) >= 11 is 0. The molecule has 0 aliphatic rings. The third kappa shape index (κ3) is 8.07. The highest BCUT2D eigenvalue weighted by Crippen LogP contribution is 2.12. The smallest absolute Gasteiger partial charge is 0.316 e. The monoisotopic (exact) mass is 169 g/mol. The van der Waals surface area contributed by atoms with Gasteiger partial charge in [0.15, 0.2) is 0 Å². The van der Waals surface area contributed by atoms with Gasteiger partial charge in [0.25, 0.3) is 0 Å². The lowest BCUT2D eigenvalue weighted by Gasteiger charge is -2.00. The van der Waals surface area contributed by atoms with Crippen molar-refractivity contribution in [1.29, 1.82) is 0 Å². The molecule has 6 heteroatoms. The van der Waals surface area contributed by atoms with Crippen molar-refractivity contribution in [3.63, 3.8) is 0 Å². The van der Waals surface area contributed by atoms with Crippen LogP contribution in [-0.2, 0) is 9.09 Å². The van der Waals surface area contributed by atoms with Crippen LogP contribution in [0.15, 0.2) is 0 Å². The Morgan fingerprint density at radius 2 is 2.20 bits per heavy atom. The molecular formula is C4H12NO4P. The van der Waals surface area contributed by atoms with Crippen LogP contribution in [-0.4, -0.2) is 36.3 Å². The van der Waals surface area contributed by atoms with Crippen molar-refractivity contribution in [2.24, 2.45) is 0 Å². The van der Waals surface area contributed by atoms with E-state index in [1.807, 2.05) is 0 Å². The Kier molecular flexibility index (Phi) is 7.23. The van der Waals surface area contributed by atoms with E-state index in [2.05, 4.69) is 9.84 Å². The quantitative estimate of drug-likeness (QED) is 0.350. The van der Waals surface area contributed by atoms with E-state index in [-0.39, 0.29) is 13.2 Å². The Morgan fingerprint density at radius 1 is 1.50 bits per heavy atom. The van der Waals surface area contributed by atoms with Gasteiger partial charge in [-0.15, -0.1) is 0 Å². The molecular weight excluding hydrogens is 157 g/mol. The van der Waals surface area contributed by atoms with Gasteiger partial charge in [0.2, 0.25) is 0 Å². The Labute approximate surface area is 60.0 Å². The molecule has 0 heterocycles. The van der Waals surface area contributed by atoms with Crippen LogP contribution in [0.1, 0.15) is 0 Å². The Bertz CT molecular complexity index is 99.3. The zero-order chi connectivity index (χ0) is 7.82. The van der Waals surface area contributed by atoms with Gasteiger partial charge >= 0.3 is 8.25 Å². The van der Waals surface area contributed by atoms with Gasteiger partial charge in [-0.1, -0.05) is 0 Å². The highest BCUT2D eigenvalue weighted by Gasteiger charge is 1.90. The maximum absolute atomic E-state index is 9.92. The van der Waals surface area contributed by atoms with E-state index in [0.717, 1.165) is 0 Å². The first-order valence-corrected chi connectivity index (χ1v) is 4.21. The fourth-order valence-corrected chi connectivity index (χ4v) is 0.691. The van der Waals surface area contributed by atoms with Gasteiger partial charge in [-0.2, -0.15) is 0 Å². The Hall–Kier alpha value is 0.0700. The normalized spacial score (nSPS) is 13.4. The molecule has 10 heavy (non-hydrogen) atoms. The molecule has 1 unspecified atom stereocenters. The van der Waals surface area contributed by atoms with Crippen molar-refractivity contribution < 1.29 is 19.1 Å². The fraction of sp³-hybridized carbons (Fsp3) is 1.00. The van der Waals surface area contributed by atoms with Crippen LogP contribution >= 0.6 is 8.25 Å². The largest absolute Gasteiger partial charge is 0.395 e. The first kappa shape index (κ1) is 10.1. The third-order valence-electron chi connectivity index (χ3n) is 0.793. The average Bonchev–Trinajstić information content (AvgIpc) is 1.87. The number of rotatable bonds is 6. The molecule has 0 spiro atoms. The van der Waals surface area contributed by atoms with E-state index in [9.17, 15) is 4.57 Å². The summed E-state index contributed by atoms with van der Waals surface area (Å²) < 4.78 is 14.3. The van der Waals surface area contributed by atoms with Crippen LogP contribution in [0.3, 0.4) is 0 Å². The molecule has 0 saturated heterocycles. The van der Waals surface area contributed by atoms with Crippen LogP contribution in [0.25, 0.3) is 0 Å². The summed E-state index contributed by atoms with van der Waals surface area (Å²) in [6, 6.07) is 0. The van der Waals surface area contributed by atoms with E-state index in [1.165, 1.54) is 0 Å². The summed E-state index contributed by atoms with van der Waals surface area (Å²) in [7, 11) is -2.77. The molecule has 0 aromatic heterocycles. The number of nitrogens with one attached hydrogen (secondary N) is 1. The van der Waals surface area contributed by atoms with Gasteiger partial charge in [-0.25, -0.2) is 0 Å². The van der Waals surface area contributed by atoms with E-state index in [0.29, 0.717) is 13.1 Å². The van der Waals surface area contributed by atoms with Gasteiger partial charge in [-0.3, -0.25) is 4.57 Å². The zero-order valence-corrected chi connectivity index (χ0v) is 6.54. The summed E-state index contributed by atoms with van der Waals surface area (Å²) in [5.74, 6) is 0. The third-order valence-corrected chi connectivity index (χ3v) is 1.24. The van der Waals surface area contributed by atoms with Crippen LogP contribution in [0.4, 0.5) is 0 Å². The zero-order valence-electron chi connectivity index (χ0n) is 5.54. The van der Waals surface area contributed by atoms with Crippen molar-refractivity contribution in [3.05, 3.63) is 0 Å². The van der Waals surface area contributed by atoms with Crippen molar-refractivity contribution >= 4 is 8.25 Å². The lowest BCUT2D eigenvalue weighted by atomic mass is 10.6. The molecule has 0 aliphatic heterocycles. The molecule has 1 atom stereocenters. The second-order valence-electron chi connectivity index (χ2n) is 1.59. The van der Waals surface area contributed by atoms with E-state index < -0.39 is 8.25 Å². The van der Waals surface area contributed by atoms with E-state index in [4.69, 9.17) is 10.00 Å². The summed E-state index contributed by atoms with van der Waals surface area (Å²) in [6.07, 6.45) is 0. The molecule has 3 N–H and O–H groups in total. The minimum Gasteiger partial charge on any atom is -0.395 e. The lowest BCUT2D eigenvalue weighted by Crippen LogP contribution is -2.22. The summed E-state index contributed by atoms with van der Waals surface area (Å²) in [6.45, 7) is 1.23. The molecule has 0 aliphatic carbocycles. The predicted molar refractivity (Wildman–Crippen MR) is 37.1 cm³/mol. The van der Waals surface area contributed by atoms with Gasteiger partial charge in [0.05, 0.1) is 13.2 Å². The molecule has 0 amide bonds. The fourth-order valence-electron chi connectivity index (χ4n) is 0.415. The van der Waals surface area contributed by atoms with Gasteiger partial charge in [0.1, 0.15) is 0 Å². The first-order chi connectivity index (χ1) is 4.77. The summed E-state index contributed by atoms with van der Waals surface area (Å²) in [4.78, 5) is 8.16. The van der Waals surface area contributed by atoms with Crippen molar-refractivity contribution in [1.82, 2.24) is 5.32 Å². The number of hydrogen-bond donors (Lipinski definition) is 3. The van der Waals surface area contributed by atoms with Crippen molar-refractivity contribution in [2.75, 3.05) is 26.3 Å². The molecule has 0 rings (SSSR count). The van der Waals surface area contributed by atoms with Crippen LogP contribution < -0.4 is 5.32 Å². The molecule has 0 fully saturated rings. The van der Waals surface area contributed by atoms with Crippen molar-refractivity contribution in [3.8, 4) is 0 Å². The Morgan fingerprint density at radius 3 is 2.70 bits per heavy atom. The standard InChI is InChI=1S/C4H12NO4P/c6-3-1-5-2-4-9-10(7)8/h5-6,10H,1-4H2,(H,7,8). The minimum atomic E-state index is -2.77. The van der Waals surface area contributed by atoms with Gasteiger partial charge < -0.3 is 19.8 Å². The number of aliphatic hydroxyl groups excluding tert-OH is 1. The first-order valence-electron chi connectivity index (χ1n) is 2.94.